The lowest BCUT2D eigenvalue weighted by Crippen LogP contribution is -2.14. The van der Waals surface area contributed by atoms with Crippen LogP contribution in [0.25, 0.3) is 0 Å². The van der Waals surface area contributed by atoms with Crippen LogP contribution in [0.1, 0.15) is 24.5 Å². The highest BCUT2D eigenvalue weighted by Gasteiger charge is 2.03. The van der Waals surface area contributed by atoms with E-state index in [0.29, 0.717) is 18.8 Å². The van der Waals surface area contributed by atoms with E-state index in [9.17, 15) is 4.39 Å². The van der Waals surface area contributed by atoms with Crippen molar-refractivity contribution in [1.82, 2.24) is 5.32 Å². The second-order valence-electron chi connectivity index (χ2n) is 3.91. The predicted molar refractivity (Wildman–Crippen MR) is 68.3 cm³/mol. The van der Waals surface area contributed by atoms with Gasteiger partial charge < -0.3 is 10.1 Å². The Kier molecular flexibility index (Phi) is 6.51. The Morgan fingerprint density at radius 3 is 3.00 bits per heavy atom. The smallest absolute Gasteiger partial charge is 0.128 e. The third kappa shape index (κ3) is 5.11. The molecule has 2 nitrogen and oxygen atoms in total. The largest absolute Gasteiger partial charge is 0.373 e. The van der Waals surface area contributed by atoms with Gasteiger partial charge >= 0.3 is 0 Å². The average molecular weight is 237 g/mol. The molecule has 0 saturated carbocycles. The van der Waals surface area contributed by atoms with Crippen molar-refractivity contribution >= 4 is 0 Å². The number of halogens is 1. The van der Waals surface area contributed by atoms with Crippen LogP contribution >= 0.6 is 0 Å². The second-order valence-corrected chi connectivity index (χ2v) is 3.91. The van der Waals surface area contributed by atoms with Gasteiger partial charge in [0.25, 0.3) is 0 Å². The Morgan fingerprint density at radius 2 is 2.29 bits per heavy atom. The van der Waals surface area contributed by atoms with Crippen molar-refractivity contribution in [3.05, 3.63) is 47.8 Å². The summed E-state index contributed by atoms with van der Waals surface area (Å²) in [7, 11) is 0. The van der Waals surface area contributed by atoms with Crippen LogP contribution in [0.2, 0.25) is 0 Å². The number of hydrogen-bond donors (Lipinski definition) is 1. The summed E-state index contributed by atoms with van der Waals surface area (Å²) >= 11 is 0. The minimum Gasteiger partial charge on any atom is -0.373 e. The van der Waals surface area contributed by atoms with Crippen molar-refractivity contribution in [2.75, 3.05) is 13.2 Å². The van der Waals surface area contributed by atoms with E-state index in [4.69, 9.17) is 4.74 Å². The minimum atomic E-state index is -0.215. The first-order valence-corrected chi connectivity index (χ1v) is 5.94. The lowest BCUT2D eigenvalue weighted by atomic mass is 10.1. The summed E-state index contributed by atoms with van der Waals surface area (Å²) < 4.78 is 18.7. The van der Waals surface area contributed by atoms with Gasteiger partial charge in [0.15, 0.2) is 0 Å². The van der Waals surface area contributed by atoms with Gasteiger partial charge in [0.2, 0.25) is 0 Å². The number of rotatable bonds is 8. The van der Waals surface area contributed by atoms with Gasteiger partial charge in [-0.1, -0.05) is 19.1 Å². The van der Waals surface area contributed by atoms with Gasteiger partial charge in [-0.25, -0.2) is 4.39 Å². The molecule has 0 atom stereocenters. The zero-order valence-electron chi connectivity index (χ0n) is 10.3. The van der Waals surface area contributed by atoms with E-state index in [2.05, 4.69) is 18.8 Å². The molecule has 0 unspecified atom stereocenters. The Labute approximate surface area is 102 Å². The summed E-state index contributed by atoms with van der Waals surface area (Å²) in [6.07, 6.45) is 2.75. The summed E-state index contributed by atoms with van der Waals surface area (Å²) in [6.45, 7) is 8.14. The second kappa shape index (κ2) is 7.98. The lowest BCUT2D eigenvalue weighted by Gasteiger charge is -2.08. The van der Waals surface area contributed by atoms with Crippen molar-refractivity contribution < 1.29 is 9.13 Å². The van der Waals surface area contributed by atoms with Crippen molar-refractivity contribution in [3.8, 4) is 0 Å². The van der Waals surface area contributed by atoms with Crippen LogP contribution in [0, 0.1) is 5.82 Å². The Balaban J connectivity index is 2.55. The fourth-order valence-electron chi connectivity index (χ4n) is 1.51. The molecule has 1 aromatic carbocycles. The van der Waals surface area contributed by atoms with Crippen LogP contribution in [0.3, 0.4) is 0 Å². The van der Waals surface area contributed by atoms with Crippen molar-refractivity contribution in [1.29, 1.82) is 0 Å². The number of nitrogens with one attached hydrogen (secondary N) is 1. The van der Waals surface area contributed by atoms with E-state index in [1.54, 1.807) is 12.1 Å². The van der Waals surface area contributed by atoms with Gasteiger partial charge in [0.05, 0.1) is 13.2 Å². The van der Waals surface area contributed by atoms with Crippen LogP contribution in [-0.2, 0) is 17.9 Å². The molecule has 0 spiro atoms. The van der Waals surface area contributed by atoms with E-state index in [-0.39, 0.29) is 5.82 Å². The van der Waals surface area contributed by atoms with Gasteiger partial charge in [-0.2, -0.15) is 0 Å². The zero-order chi connectivity index (χ0) is 12.5. The third-order valence-corrected chi connectivity index (χ3v) is 2.36. The highest BCUT2D eigenvalue weighted by Crippen LogP contribution is 2.12. The summed E-state index contributed by atoms with van der Waals surface area (Å²) in [5.41, 5.74) is 1.68. The van der Waals surface area contributed by atoms with E-state index >= 15 is 0 Å². The molecule has 0 heterocycles. The van der Waals surface area contributed by atoms with Gasteiger partial charge in [0, 0.05) is 12.1 Å². The Hall–Kier alpha value is -1.19. The standard InChI is InChI=1S/C14H20FNO/c1-3-7-16-10-12-5-6-14(15)13(9-12)11-17-8-4-2/h4-6,9,16H,2-3,7-8,10-11H2,1H3. The van der Waals surface area contributed by atoms with Gasteiger partial charge in [-0.3, -0.25) is 0 Å². The van der Waals surface area contributed by atoms with E-state index in [0.717, 1.165) is 25.1 Å². The molecule has 0 saturated heterocycles. The van der Waals surface area contributed by atoms with Gasteiger partial charge in [-0.15, -0.1) is 6.58 Å². The first-order chi connectivity index (χ1) is 8.27. The molecule has 1 rings (SSSR count). The maximum atomic E-state index is 13.5. The van der Waals surface area contributed by atoms with Crippen LogP contribution in [-0.4, -0.2) is 13.2 Å². The lowest BCUT2D eigenvalue weighted by molar-refractivity contribution is 0.146. The van der Waals surface area contributed by atoms with Crippen LogP contribution in [0.5, 0.6) is 0 Å². The molecule has 17 heavy (non-hydrogen) atoms. The molecule has 0 aliphatic heterocycles. The molecule has 3 heteroatoms. The summed E-state index contributed by atoms with van der Waals surface area (Å²) in [4.78, 5) is 0. The molecule has 1 N–H and O–H groups in total. The van der Waals surface area contributed by atoms with Gasteiger partial charge in [0.1, 0.15) is 5.82 Å². The van der Waals surface area contributed by atoms with Crippen molar-refractivity contribution in [2.45, 2.75) is 26.5 Å². The molecular weight excluding hydrogens is 217 g/mol. The maximum absolute atomic E-state index is 13.5. The summed E-state index contributed by atoms with van der Waals surface area (Å²) in [6, 6.07) is 5.14. The molecule has 1 aromatic rings. The zero-order valence-corrected chi connectivity index (χ0v) is 10.3. The van der Waals surface area contributed by atoms with E-state index < -0.39 is 0 Å². The number of hydrogen-bond acceptors (Lipinski definition) is 2. The fraction of sp³-hybridized carbons (Fsp3) is 0.429. The van der Waals surface area contributed by atoms with Crippen molar-refractivity contribution in [2.24, 2.45) is 0 Å². The normalized spacial score (nSPS) is 10.5. The van der Waals surface area contributed by atoms with Crippen LogP contribution < -0.4 is 5.32 Å². The topological polar surface area (TPSA) is 21.3 Å². The SMILES string of the molecule is C=CCOCc1cc(CNCCC)ccc1F. The molecule has 0 aliphatic carbocycles. The highest BCUT2D eigenvalue weighted by molar-refractivity contribution is 5.24. The molecule has 0 fully saturated rings. The summed E-state index contributed by atoms with van der Waals surface area (Å²) in [5.74, 6) is -0.215. The van der Waals surface area contributed by atoms with E-state index in [1.165, 1.54) is 6.07 Å². The van der Waals surface area contributed by atoms with Crippen LogP contribution in [0.4, 0.5) is 4.39 Å². The van der Waals surface area contributed by atoms with E-state index in [1.807, 2.05) is 6.07 Å². The highest BCUT2D eigenvalue weighted by atomic mass is 19.1. The molecule has 94 valence electrons. The van der Waals surface area contributed by atoms with Gasteiger partial charge in [-0.05, 0) is 30.7 Å². The quantitative estimate of drug-likeness (QED) is 0.554. The average Bonchev–Trinajstić information content (AvgIpc) is 2.33. The molecule has 0 amide bonds. The summed E-state index contributed by atoms with van der Waals surface area (Å²) in [5, 5.41) is 3.29. The minimum absolute atomic E-state index is 0.215. The fourth-order valence-corrected chi connectivity index (χ4v) is 1.51. The molecule has 0 aliphatic rings. The molecule has 0 aromatic heterocycles. The Bertz CT molecular complexity index is 352. The monoisotopic (exact) mass is 237 g/mol. The predicted octanol–water partition coefficient (Wildman–Crippen LogP) is 3.03. The molecule has 0 bridgehead atoms. The number of benzene rings is 1. The van der Waals surface area contributed by atoms with Crippen LogP contribution in [0.15, 0.2) is 30.9 Å². The molecular formula is C14H20FNO. The third-order valence-electron chi connectivity index (χ3n) is 2.36. The maximum Gasteiger partial charge on any atom is 0.128 e. The van der Waals surface area contributed by atoms with Crippen molar-refractivity contribution in [3.63, 3.8) is 0 Å². The first kappa shape index (κ1) is 13.9. The number of ether oxygens (including phenoxy) is 1. The Morgan fingerprint density at radius 1 is 1.47 bits per heavy atom. The first-order valence-electron chi connectivity index (χ1n) is 5.94. The molecule has 0 radical (unpaired) electrons.